The molecule has 0 unspecified atom stereocenters. The Bertz CT molecular complexity index is 449. The summed E-state index contributed by atoms with van der Waals surface area (Å²) in [5.74, 6) is -1.11. The molecule has 0 aliphatic carbocycles. The molecule has 0 bridgehead atoms. The van der Waals surface area contributed by atoms with E-state index in [2.05, 4.69) is 4.74 Å². The van der Waals surface area contributed by atoms with Crippen molar-refractivity contribution in [3.05, 3.63) is 41.5 Å². The largest absolute Gasteiger partial charge is 0.481 e. The average Bonchev–Trinajstić information content (AvgIpc) is 2.37. The Morgan fingerprint density at radius 2 is 2.06 bits per heavy atom. The Hall–Kier alpha value is -2.10. The zero-order valence-corrected chi connectivity index (χ0v) is 10.3. The topological polar surface area (TPSA) is 63.6 Å². The van der Waals surface area contributed by atoms with E-state index in [0.29, 0.717) is 6.42 Å². The summed E-state index contributed by atoms with van der Waals surface area (Å²) >= 11 is 0. The molecule has 0 amide bonds. The molecule has 0 aromatic heterocycles. The van der Waals surface area contributed by atoms with Crippen molar-refractivity contribution in [1.29, 1.82) is 0 Å². The van der Waals surface area contributed by atoms with E-state index in [0.717, 1.165) is 11.1 Å². The lowest BCUT2D eigenvalue weighted by Crippen LogP contribution is -1.99. The molecule has 18 heavy (non-hydrogen) atoms. The van der Waals surface area contributed by atoms with E-state index < -0.39 is 5.97 Å². The van der Waals surface area contributed by atoms with E-state index in [1.54, 1.807) is 6.08 Å². The second-order valence-electron chi connectivity index (χ2n) is 3.78. The van der Waals surface area contributed by atoms with Crippen LogP contribution in [0.2, 0.25) is 0 Å². The van der Waals surface area contributed by atoms with Crippen LogP contribution < -0.4 is 0 Å². The van der Waals surface area contributed by atoms with Crippen molar-refractivity contribution >= 4 is 18.0 Å². The van der Waals surface area contributed by atoms with E-state index in [9.17, 15) is 9.59 Å². The molecule has 0 heterocycles. The fraction of sp³-hybridized carbons (Fsp3) is 0.286. The minimum atomic E-state index is -0.816. The predicted molar refractivity (Wildman–Crippen MR) is 68.1 cm³/mol. The minimum absolute atomic E-state index is 0.0991. The summed E-state index contributed by atoms with van der Waals surface area (Å²) in [6.45, 7) is 0. The smallest absolute Gasteiger partial charge is 0.309 e. The number of rotatable bonds is 6. The van der Waals surface area contributed by atoms with Crippen LogP contribution in [0.5, 0.6) is 0 Å². The molecule has 0 radical (unpaired) electrons. The molecule has 0 saturated carbocycles. The van der Waals surface area contributed by atoms with Gasteiger partial charge in [0.2, 0.25) is 0 Å². The first-order valence-electron chi connectivity index (χ1n) is 5.66. The Labute approximate surface area is 106 Å². The highest BCUT2D eigenvalue weighted by molar-refractivity contribution is 5.73. The molecule has 0 atom stereocenters. The quantitative estimate of drug-likeness (QED) is 0.784. The van der Waals surface area contributed by atoms with Crippen molar-refractivity contribution in [3.8, 4) is 0 Å². The molecule has 1 aromatic rings. The molecule has 1 rings (SSSR count). The summed E-state index contributed by atoms with van der Waals surface area (Å²) in [6, 6.07) is 7.53. The van der Waals surface area contributed by atoms with E-state index in [1.165, 1.54) is 7.11 Å². The molecular weight excluding hydrogens is 232 g/mol. The Balaban J connectivity index is 2.69. The van der Waals surface area contributed by atoms with Crippen molar-refractivity contribution in [1.82, 2.24) is 0 Å². The highest BCUT2D eigenvalue weighted by Gasteiger charge is 2.02. The third-order valence-electron chi connectivity index (χ3n) is 2.47. The van der Waals surface area contributed by atoms with Crippen molar-refractivity contribution in [2.75, 3.05) is 7.11 Å². The van der Waals surface area contributed by atoms with E-state index >= 15 is 0 Å². The van der Waals surface area contributed by atoms with Gasteiger partial charge in [-0.05, 0) is 17.5 Å². The van der Waals surface area contributed by atoms with Crippen LogP contribution in [-0.4, -0.2) is 24.2 Å². The van der Waals surface area contributed by atoms with Crippen LogP contribution in [0, 0.1) is 0 Å². The molecule has 1 aromatic carbocycles. The molecule has 0 saturated heterocycles. The highest BCUT2D eigenvalue weighted by Crippen LogP contribution is 2.13. The number of aryl methyl sites for hydroxylation is 1. The third kappa shape index (κ3) is 4.82. The predicted octanol–water partition coefficient (Wildman–Crippen LogP) is 2.28. The number of carbonyl (C=O) groups excluding carboxylic acids is 1. The van der Waals surface area contributed by atoms with E-state index in [-0.39, 0.29) is 18.8 Å². The van der Waals surface area contributed by atoms with E-state index in [1.807, 2.05) is 30.3 Å². The number of carboxylic acids is 1. The van der Waals surface area contributed by atoms with E-state index in [4.69, 9.17) is 5.11 Å². The van der Waals surface area contributed by atoms with Gasteiger partial charge in [-0.1, -0.05) is 36.4 Å². The maximum absolute atomic E-state index is 11.0. The maximum Gasteiger partial charge on any atom is 0.309 e. The number of benzene rings is 1. The first kappa shape index (κ1) is 14.0. The summed E-state index contributed by atoms with van der Waals surface area (Å²) in [5, 5.41) is 8.67. The standard InChI is InChI=1S/C14H16O4/c1-18-14(17)8-4-7-11-5-2-3-6-12(11)9-10-13(15)16/h2-7H,8-10H2,1H3,(H,15,16). The lowest BCUT2D eigenvalue weighted by molar-refractivity contribution is -0.139. The Morgan fingerprint density at radius 3 is 2.72 bits per heavy atom. The van der Waals surface area contributed by atoms with Crippen LogP contribution >= 0.6 is 0 Å². The minimum Gasteiger partial charge on any atom is -0.481 e. The van der Waals surface area contributed by atoms with Crippen molar-refractivity contribution in [2.45, 2.75) is 19.3 Å². The van der Waals surface area contributed by atoms with Crippen molar-refractivity contribution < 1.29 is 19.4 Å². The van der Waals surface area contributed by atoms with Crippen LogP contribution in [0.25, 0.3) is 6.08 Å². The number of esters is 1. The molecule has 0 spiro atoms. The van der Waals surface area contributed by atoms with Gasteiger partial charge in [0.15, 0.2) is 0 Å². The van der Waals surface area contributed by atoms with Crippen LogP contribution in [0.4, 0.5) is 0 Å². The number of aliphatic carboxylic acids is 1. The first-order valence-corrected chi connectivity index (χ1v) is 5.66. The average molecular weight is 248 g/mol. The van der Waals surface area contributed by atoms with Gasteiger partial charge in [0.1, 0.15) is 0 Å². The van der Waals surface area contributed by atoms with Crippen molar-refractivity contribution in [3.63, 3.8) is 0 Å². The van der Waals surface area contributed by atoms with Crippen molar-refractivity contribution in [2.24, 2.45) is 0 Å². The lowest BCUT2D eigenvalue weighted by Gasteiger charge is -2.03. The van der Waals surface area contributed by atoms with Crippen LogP contribution in [0.3, 0.4) is 0 Å². The molecule has 96 valence electrons. The molecule has 0 fully saturated rings. The lowest BCUT2D eigenvalue weighted by atomic mass is 10.0. The summed E-state index contributed by atoms with van der Waals surface area (Å²) in [4.78, 5) is 21.5. The zero-order valence-electron chi connectivity index (χ0n) is 10.3. The first-order chi connectivity index (χ1) is 8.63. The second kappa shape index (κ2) is 7.27. The Kier molecular flexibility index (Phi) is 5.64. The number of methoxy groups -OCH3 is 1. The number of ether oxygens (including phenoxy) is 1. The molecule has 0 aliphatic heterocycles. The third-order valence-corrected chi connectivity index (χ3v) is 2.47. The van der Waals surface area contributed by atoms with Gasteiger partial charge in [-0.25, -0.2) is 0 Å². The summed E-state index contributed by atoms with van der Waals surface area (Å²) in [5.41, 5.74) is 1.89. The van der Waals surface area contributed by atoms with Gasteiger partial charge in [0.05, 0.1) is 13.5 Å². The summed E-state index contributed by atoms with van der Waals surface area (Å²) in [7, 11) is 1.34. The number of hydrogen-bond donors (Lipinski definition) is 1. The SMILES string of the molecule is COC(=O)CC=Cc1ccccc1CCC(=O)O. The molecule has 4 nitrogen and oxygen atoms in total. The van der Waals surface area contributed by atoms with Gasteiger partial charge in [-0.15, -0.1) is 0 Å². The number of carboxylic acid groups (broad SMARTS) is 1. The molecular formula is C14H16O4. The van der Waals surface area contributed by atoms with Crippen LogP contribution in [0.15, 0.2) is 30.3 Å². The van der Waals surface area contributed by atoms with Gasteiger partial charge in [-0.3, -0.25) is 9.59 Å². The number of carbonyl (C=O) groups is 2. The number of hydrogen-bond acceptors (Lipinski definition) is 3. The zero-order chi connectivity index (χ0) is 13.4. The molecule has 4 heteroatoms. The Morgan fingerprint density at radius 1 is 1.33 bits per heavy atom. The second-order valence-corrected chi connectivity index (χ2v) is 3.78. The summed E-state index contributed by atoms with van der Waals surface area (Å²) < 4.78 is 4.53. The molecule has 1 N–H and O–H groups in total. The van der Waals surface area contributed by atoms with Gasteiger partial charge in [-0.2, -0.15) is 0 Å². The fourth-order valence-corrected chi connectivity index (χ4v) is 1.53. The van der Waals surface area contributed by atoms with Crippen LogP contribution in [-0.2, 0) is 20.7 Å². The highest BCUT2D eigenvalue weighted by atomic mass is 16.5. The maximum atomic E-state index is 11.0. The molecule has 0 aliphatic rings. The van der Waals surface area contributed by atoms with Gasteiger partial charge in [0.25, 0.3) is 0 Å². The monoisotopic (exact) mass is 248 g/mol. The van der Waals surface area contributed by atoms with Gasteiger partial charge >= 0.3 is 11.9 Å². The summed E-state index contributed by atoms with van der Waals surface area (Å²) in [6.07, 6.45) is 4.32. The van der Waals surface area contributed by atoms with Gasteiger partial charge in [0, 0.05) is 6.42 Å². The van der Waals surface area contributed by atoms with Crippen LogP contribution in [0.1, 0.15) is 24.0 Å². The fourth-order valence-electron chi connectivity index (χ4n) is 1.53. The van der Waals surface area contributed by atoms with Gasteiger partial charge < -0.3 is 9.84 Å². The normalized spacial score (nSPS) is 10.5.